The van der Waals surface area contributed by atoms with E-state index in [2.05, 4.69) is 30.0 Å². The van der Waals surface area contributed by atoms with Crippen LogP contribution in [0.15, 0.2) is 18.2 Å². The van der Waals surface area contributed by atoms with Gasteiger partial charge in [0.05, 0.1) is 0 Å². The lowest BCUT2D eigenvalue weighted by Crippen LogP contribution is -2.02. The molecule has 1 aliphatic carbocycles. The van der Waals surface area contributed by atoms with E-state index in [0.717, 1.165) is 24.9 Å². The maximum Gasteiger partial charge on any atom is 0.0248 e. The Bertz CT molecular complexity index is 409. The van der Waals surface area contributed by atoms with Gasteiger partial charge >= 0.3 is 0 Å². The molecule has 2 N–H and O–H groups in total. The standard InChI is InChI=1S/C15H19N/c16-11-5-1-2-6-13-9-10-14-7-3-4-8-15(14)12-13/h9-10,12H,1,3-5,7-8,11,16H2. The third-order valence-electron chi connectivity index (χ3n) is 3.09. The molecule has 0 bridgehead atoms. The highest BCUT2D eigenvalue weighted by Crippen LogP contribution is 2.21. The SMILES string of the molecule is NCCCC#Cc1ccc2c(c1)CCCC2. The fraction of sp³-hybridized carbons (Fsp3) is 0.467. The molecule has 0 aliphatic heterocycles. The molecule has 0 spiro atoms. The lowest BCUT2D eigenvalue weighted by molar-refractivity contribution is 0.685. The summed E-state index contributed by atoms with van der Waals surface area (Å²) in [7, 11) is 0. The molecule has 1 nitrogen and oxygen atoms in total. The van der Waals surface area contributed by atoms with Gasteiger partial charge in [-0.05, 0) is 61.9 Å². The Labute approximate surface area is 98.0 Å². The van der Waals surface area contributed by atoms with Gasteiger partial charge in [0.1, 0.15) is 0 Å². The first-order chi connectivity index (χ1) is 7.90. The monoisotopic (exact) mass is 213 g/mol. The predicted octanol–water partition coefficient (Wildman–Crippen LogP) is 2.66. The zero-order valence-electron chi connectivity index (χ0n) is 9.76. The number of aryl methyl sites for hydroxylation is 2. The Kier molecular flexibility index (Phi) is 4.02. The maximum atomic E-state index is 5.43. The molecule has 1 aromatic carbocycles. The lowest BCUT2D eigenvalue weighted by atomic mass is 9.90. The molecule has 0 atom stereocenters. The van der Waals surface area contributed by atoms with Crippen LogP contribution >= 0.6 is 0 Å². The van der Waals surface area contributed by atoms with E-state index in [1.165, 1.54) is 36.8 Å². The van der Waals surface area contributed by atoms with Crippen LogP contribution < -0.4 is 5.73 Å². The first kappa shape index (κ1) is 11.2. The van der Waals surface area contributed by atoms with E-state index in [-0.39, 0.29) is 0 Å². The van der Waals surface area contributed by atoms with Gasteiger partial charge in [-0.15, -0.1) is 0 Å². The lowest BCUT2D eigenvalue weighted by Gasteiger charge is -2.15. The molecule has 1 aromatic rings. The van der Waals surface area contributed by atoms with Crippen molar-refractivity contribution in [1.82, 2.24) is 0 Å². The van der Waals surface area contributed by atoms with Crippen molar-refractivity contribution < 1.29 is 0 Å². The van der Waals surface area contributed by atoms with Crippen LogP contribution in [0.25, 0.3) is 0 Å². The molecule has 0 aromatic heterocycles. The van der Waals surface area contributed by atoms with Gasteiger partial charge in [0.2, 0.25) is 0 Å². The summed E-state index contributed by atoms with van der Waals surface area (Å²) < 4.78 is 0. The molecule has 16 heavy (non-hydrogen) atoms. The first-order valence-electron chi connectivity index (χ1n) is 6.21. The van der Waals surface area contributed by atoms with Gasteiger partial charge in [0.25, 0.3) is 0 Å². The molecular weight excluding hydrogens is 194 g/mol. The highest BCUT2D eigenvalue weighted by molar-refractivity contribution is 5.41. The van der Waals surface area contributed by atoms with Crippen LogP contribution in [0, 0.1) is 11.8 Å². The summed E-state index contributed by atoms with van der Waals surface area (Å²) in [5, 5.41) is 0. The number of hydrogen-bond acceptors (Lipinski definition) is 1. The summed E-state index contributed by atoms with van der Waals surface area (Å²) in [6.45, 7) is 0.735. The average molecular weight is 213 g/mol. The van der Waals surface area contributed by atoms with Crippen LogP contribution in [0.5, 0.6) is 0 Å². The van der Waals surface area contributed by atoms with E-state index in [1.807, 2.05) is 0 Å². The second kappa shape index (κ2) is 5.72. The van der Waals surface area contributed by atoms with Crippen molar-refractivity contribution in [3.63, 3.8) is 0 Å². The van der Waals surface area contributed by atoms with Gasteiger partial charge in [0, 0.05) is 12.0 Å². The molecule has 84 valence electrons. The van der Waals surface area contributed by atoms with Crippen LogP contribution in [0.3, 0.4) is 0 Å². The molecule has 0 amide bonds. The van der Waals surface area contributed by atoms with Crippen molar-refractivity contribution in [2.24, 2.45) is 5.73 Å². The zero-order valence-corrected chi connectivity index (χ0v) is 9.76. The normalized spacial score (nSPS) is 13.8. The summed E-state index contributed by atoms with van der Waals surface area (Å²) in [6.07, 6.45) is 7.06. The number of benzene rings is 1. The molecule has 0 saturated carbocycles. The Balaban J connectivity index is 2.07. The zero-order chi connectivity index (χ0) is 11.2. The first-order valence-corrected chi connectivity index (χ1v) is 6.21. The largest absolute Gasteiger partial charge is 0.330 e. The van der Waals surface area contributed by atoms with Crippen LogP contribution in [-0.2, 0) is 12.8 Å². The van der Waals surface area contributed by atoms with E-state index >= 15 is 0 Å². The third kappa shape index (κ3) is 2.87. The fourth-order valence-corrected chi connectivity index (χ4v) is 2.17. The number of hydrogen-bond donors (Lipinski definition) is 1. The van der Waals surface area contributed by atoms with Crippen LogP contribution in [0.4, 0.5) is 0 Å². The predicted molar refractivity (Wildman–Crippen MR) is 68.3 cm³/mol. The summed E-state index contributed by atoms with van der Waals surface area (Å²) in [5.74, 6) is 6.40. The smallest absolute Gasteiger partial charge is 0.0248 e. The summed E-state index contributed by atoms with van der Waals surface area (Å²) in [6, 6.07) is 6.67. The van der Waals surface area contributed by atoms with Crippen molar-refractivity contribution in [2.75, 3.05) is 6.54 Å². The van der Waals surface area contributed by atoms with Gasteiger partial charge in [-0.2, -0.15) is 0 Å². The van der Waals surface area contributed by atoms with E-state index < -0.39 is 0 Å². The van der Waals surface area contributed by atoms with Crippen molar-refractivity contribution in [3.8, 4) is 11.8 Å². The molecular formula is C15H19N. The quantitative estimate of drug-likeness (QED) is 0.593. The number of rotatable bonds is 2. The van der Waals surface area contributed by atoms with Gasteiger partial charge in [-0.3, -0.25) is 0 Å². The Morgan fingerprint density at radius 2 is 1.94 bits per heavy atom. The molecule has 1 heteroatoms. The summed E-state index contributed by atoms with van der Waals surface area (Å²) in [4.78, 5) is 0. The van der Waals surface area contributed by atoms with E-state index in [0.29, 0.717) is 0 Å². The van der Waals surface area contributed by atoms with Crippen molar-refractivity contribution in [1.29, 1.82) is 0 Å². The van der Waals surface area contributed by atoms with Crippen molar-refractivity contribution in [3.05, 3.63) is 34.9 Å². The highest BCUT2D eigenvalue weighted by Gasteiger charge is 2.08. The number of fused-ring (bicyclic) bond motifs is 1. The third-order valence-corrected chi connectivity index (χ3v) is 3.09. The van der Waals surface area contributed by atoms with Crippen LogP contribution in [0.2, 0.25) is 0 Å². The van der Waals surface area contributed by atoms with E-state index in [4.69, 9.17) is 5.73 Å². The van der Waals surface area contributed by atoms with Gasteiger partial charge in [-0.1, -0.05) is 17.9 Å². The van der Waals surface area contributed by atoms with Gasteiger partial charge in [-0.25, -0.2) is 0 Å². The minimum atomic E-state index is 0.735. The van der Waals surface area contributed by atoms with Gasteiger partial charge in [0.15, 0.2) is 0 Å². The summed E-state index contributed by atoms with van der Waals surface area (Å²) in [5.41, 5.74) is 9.63. The maximum absolute atomic E-state index is 5.43. The second-order valence-electron chi connectivity index (χ2n) is 4.38. The van der Waals surface area contributed by atoms with Crippen molar-refractivity contribution in [2.45, 2.75) is 38.5 Å². The van der Waals surface area contributed by atoms with Gasteiger partial charge < -0.3 is 5.73 Å². The number of unbranched alkanes of at least 4 members (excludes halogenated alkanes) is 1. The second-order valence-corrected chi connectivity index (χ2v) is 4.38. The summed E-state index contributed by atoms with van der Waals surface area (Å²) >= 11 is 0. The van der Waals surface area contributed by atoms with Crippen molar-refractivity contribution >= 4 is 0 Å². The minimum absolute atomic E-state index is 0.735. The van der Waals surface area contributed by atoms with Crippen LogP contribution in [0.1, 0.15) is 42.4 Å². The average Bonchev–Trinajstić information content (AvgIpc) is 2.34. The molecule has 0 unspecified atom stereocenters. The molecule has 0 radical (unpaired) electrons. The fourth-order valence-electron chi connectivity index (χ4n) is 2.17. The van der Waals surface area contributed by atoms with E-state index in [1.54, 1.807) is 0 Å². The van der Waals surface area contributed by atoms with E-state index in [9.17, 15) is 0 Å². The molecule has 0 heterocycles. The molecule has 0 fully saturated rings. The number of nitrogens with two attached hydrogens (primary N) is 1. The molecule has 0 saturated heterocycles. The Morgan fingerprint density at radius 1 is 1.12 bits per heavy atom. The molecule has 2 rings (SSSR count). The highest BCUT2D eigenvalue weighted by atomic mass is 14.5. The molecule has 1 aliphatic rings. The van der Waals surface area contributed by atoms with Crippen LogP contribution in [-0.4, -0.2) is 6.54 Å². The minimum Gasteiger partial charge on any atom is -0.330 e. The Morgan fingerprint density at radius 3 is 2.75 bits per heavy atom. The topological polar surface area (TPSA) is 26.0 Å². The Hall–Kier alpha value is -1.26.